The van der Waals surface area contributed by atoms with Gasteiger partial charge in [-0.05, 0) is 43.9 Å². The van der Waals surface area contributed by atoms with E-state index in [0.717, 1.165) is 18.4 Å². The molecule has 0 aromatic heterocycles. The third kappa shape index (κ3) is 5.02. The van der Waals surface area contributed by atoms with E-state index < -0.39 is 0 Å². The molecule has 1 aromatic carbocycles. The summed E-state index contributed by atoms with van der Waals surface area (Å²) in [5, 5.41) is 0.445. The van der Waals surface area contributed by atoms with E-state index >= 15 is 0 Å². The van der Waals surface area contributed by atoms with Crippen LogP contribution in [0.4, 0.5) is 4.39 Å². The van der Waals surface area contributed by atoms with Gasteiger partial charge in [0.2, 0.25) is 0 Å². The molecule has 1 aromatic rings. The van der Waals surface area contributed by atoms with Gasteiger partial charge >= 0.3 is 0 Å². The molecular weight excluding hydrogens is 241 g/mol. The Balaban J connectivity index is 2.47. The molecule has 0 radical (unpaired) electrons. The zero-order valence-electron chi connectivity index (χ0n) is 10.2. The summed E-state index contributed by atoms with van der Waals surface area (Å²) in [7, 11) is 1.69. The molecule has 0 spiro atoms. The van der Waals surface area contributed by atoms with Crippen molar-refractivity contribution in [3.63, 3.8) is 0 Å². The Bertz CT molecular complexity index is 359. The molecule has 0 aliphatic heterocycles. The van der Waals surface area contributed by atoms with Crippen LogP contribution in [0.3, 0.4) is 0 Å². The smallest absolute Gasteiger partial charge is 0.124 e. The molecule has 96 valence electrons. The Morgan fingerprint density at radius 2 is 2.12 bits per heavy atom. The number of ether oxygens (including phenoxy) is 1. The summed E-state index contributed by atoms with van der Waals surface area (Å²) in [6.07, 6.45) is 2.65. The number of methoxy groups -OCH3 is 1. The maximum absolute atomic E-state index is 12.9. The van der Waals surface area contributed by atoms with Gasteiger partial charge in [-0.1, -0.05) is 17.7 Å². The molecule has 0 bridgehead atoms. The average Bonchev–Trinajstić information content (AvgIpc) is 2.29. The number of nitrogens with two attached hydrogens (primary N) is 1. The standard InChI is InChI=1S/C13H19ClFNO/c1-9(17-2)3-6-12(16)7-10-4-5-11(15)8-13(10)14/h4-5,8-9,12H,3,6-7,16H2,1-2H3. The molecule has 0 aliphatic carbocycles. The van der Waals surface area contributed by atoms with E-state index in [-0.39, 0.29) is 18.0 Å². The first-order chi connectivity index (χ1) is 8.02. The molecule has 2 nitrogen and oxygen atoms in total. The maximum atomic E-state index is 12.9. The minimum Gasteiger partial charge on any atom is -0.382 e. The Labute approximate surface area is 107 Å². The predicted octanol–water partition coefficient (Wildman–Crippen LogP) is 3.16. The largest absolute Gasteiger partial charge is 0.382 e. The highest BCUT2D eigenvalue weighted by Gasteiger charge is 2.10. The Hall–Kier alpha value is -0.640. The fourth-order valence-electron chi connectivity index (χ4n) is 1.64. The fourth-order valence-corrected chi connectivity index (χ4v) is 1.88. The van der Waals surface area contributed by atoms with Gasteiger partial charge in [-0.2, -0.15) is 0 Å². The highest BCUT2D eigenvalue weighted by atomic mass is 35.5. The van der Waals surface area contributed by atoms with Gasteiger partial charge < -0.3 is 10.5 Å². The molecule has 0 fully saturated rings. The monoisotopic (exact) mass is 259 g/mol. The van der Waals surface area contributed by atoms with Crippen molar-refractivity contribution < 1.29 is 9.13 Å². The van der Waals surface area contributed by atoms with Crippen molar-refractivity contribution >= 4 is 11.6 Å². The van der Waals surface area contributed by atoms with Crippen molar-refractivity contribution in [1.82, 2.24) is 0 Å². The van der Waals surface area contributed by atoms with Crippen LogP contribution >= 0.6 is 11.6 Å². The molecule has 0 saturated carbocycles. The molecule has 2 unspecified atom stereocenters. The third-order valence-corrected chi connectivity index (χ3v) is 3.20. The number of benzene rings is 1. The van der Waals surface area contributed by atoms with E-state index in [0.29, 0.717) is 11.4 Å². The molecular formula is C13H19ClFNO. The van der Waals surface area contributed by atoms with Gasteiger partial charge in [-0.25, -0.2) is 4.39 Å². The Morgan fingerprint density at radius 3 is 2.71 bits per heavy atom. The van der Waals surface area contributed by atoms with E-state index in [4.69, 9.17) is 22.1 Å². The minimum absolute atomic E-state index is 0.0237. The summed E-state index contributed by atoms with van der Waals surface area (Å²) in [6.45, 7) is 2.01. The van der Waals surface area contributed by atoms with Crippen LogP contribution in [0, 0.1) is 5.82 Å². The third-order valence-electron chi connectivity index (χ3n) is 2.84. The first-order valence-corrected chi connectivity index (χ1v) is 6.13. The second kappa shape index (κ2) is 6.94. The molecule has 17 heavy (non-hydrogen) atoms. The number of hydrogen-bond acceptors (Lipinski definition) is 2. The molecule has 0 aliphatic rings. The average molecular weight is 260 g/mol. The Kier molecular flexibility index (Phi) is 5.89. The summed E-state index contributed by atoms with van der Waals surface area (Å²) >= 11 is 5.94. The van der Waals surface area contributed by atoms with E-state index in [1.807, 2.05) is 6.92 Å². The zero-order chi connectivity index (χ0) is 12.8. The summed E-state index contributed by atoms with van der Waals surface area (Å²) < 4.78 is 18.0. The highest BCUT2D eigenvalue weighted by Crippen LogP contribution is 2.19. The lowest BCUT2D eigenvalue weighted by molar-refractivity contribution is 0.107. The topological polar surface area (TPSA) is 35.2 Å². The van der Waals surface area contributed by atoms with Crippen molar-refractivity contribution in [2.24, 2.45) is 5.73 Å². The van der Waals surface area contributed by atoms with Gasteiger partial charge in [0.15, 0.2) is 0 Å². The SMILES string of the molecule is COC(C)CCC(N)Cc1ccc(F)cc1Cl. The van der Waals surface area contributed by atoms with E-state index in [1.54, 1.807) is 13.2 Å². The van der Waals surface area contributed by atoms with E-state index in [9.17, 15) is 4.39 Å². The van der Waals surface area contributed by atoms with Crippen LogP contribution in [-0.2, 0) is 11.2 Å². The Morgan fingerprint density at radius 1 is 1.41 bits per heavy atom. The lowest BCUT2D eigenvalue weighted by Gasteiger charge is -2.15. The van der Waals surface area contributed by atoms with Gasteiger partial charge in [0.05, 0.1) is 6.10 Å². The van der Waals surface area contributed by atoms with Crippen LogP contribution in [0.2, 0.25) is 5.02 Å². The number of halogens is 2. The van der Waals surface area contributed by atoms with Crippen LogP contribution in [0.1, 0.15) is 25.3 Å². The maximum Gasteiger partial charge on any atom is 0.124 e. The zero-order valence-corrected chi connectivity index (χ0v) is 11.0. The van der Waals surface area contributed by atoms with E-state index in [1.165, 1.54) is 12.1 Å². The second-order valence-corrected chi connectivity index (χ2v) is 4.73. The summed E-state index contributed by atoms with van der Waals surface area (Å²) in [5.74, 6) is -0.319. The molecule has 0 amide bonds. The van der Waals surface area contributed by atoms with Gasteiger partial charge in [-0.3, -0.25) is 0 Å². The lowest BCUT2D eigenvalue weighted by Crippen LogP contribution is -2.24. The first-order valence-electron chi connectivity index (χ1n) is 5.75. The van der Waals surface area contributed by atoms with Crippen molar-refractivity contribution in [1.29, 1.82) is 0 Å². The summed E-state index contributed by atoms with van der Waals surface area (Å²) in [6, 6.07) is 4.44. The summed E-state index contributed by atoms with van der Waals surface area (Å²) in [4.78, 5) is 0. The minimum atomic E-state index is -0.319. The quantitative estimate of drug-likeness (QED) is 0.852. The molecule has 0 saturated heterocycles. The van der Waals surface area contributed by atoms with Crippen LogP contribution in [0.5, 0.6) is 0 Å². The lowest BCUT2D eigenvalue weighted by atomic mass is 10.0. The predicted molar refractivity (Wildman–Crippen MR) is 68.8 cm³/mol. The summed E-state index contributed by atoms with van der Waals surface area (Å²) in [5.41, 5.74) is 6.90. The van der Waals surface area contributed by atoms with Crippen molar-refractivity contribution in [3.05, 3.63) is 34.6 Å². The van der Waals surface area contributed by atoms with E-state index in [2.05, 4.69) is 0 Å². The van der Waals surface area contributed by atoms with Crippen molar-refractivity contribution in [3.8, 4) is 0 Å². The van der Waals surface area contributed by atoms with Gasteiger partial charge in [-0.15, -0.1) is 0 Å². The van der Waals surface area contributed by atoms with Crippen LogP contribution in [0.15, 0.2) is 18.2 Å². The van der Waals surface area contributed by atoms with Gasteiger partial charge in [0, 0.05) is 18.2 Å². The van der Waals surface area contributed by atoms with Crippen LogP contribution in [0.25, 0.3) is 0 Å². The van der Waals surface area contributed by atoms with Crippen LogP contribution in [-0.4, -0.2) is 19.3 Å². The highest BCUT2D eigenvalue weighted by molar-refractivity contribution is 6.31. The molecule has 2 atom stereocenters. The molecule has 1 rings (SSSR count). The fraction of sp³-hybridized carbons (Fsp3) is 0.538. The normalized spacial score (nSPS) is 14.6. The first kappa shape index (κ1) is 14.4. The number of hydrogen-bond donors (Lipinski definition) is 1. The number of rotatable bonds is 6. The van der Waals surface area contributed by atoms with Crippen LogP contribution < -0.4 is 5.73 Å². The molecule has 0 heterocycles. The molecule has 2 N–H and O–H groups in total. The molecule has 4 heteroatoms. The van der Waals surface area contributed by atoms with Crippen molar-refractivity contribution in [2.45, 2.75) is 38.3 Å². The van der Waals surface area contributed by atoms with Crippen molar-refractivity contribution in [2.75, 3.05) is 7.11 Å². The van der Waals surface area contributed by atoms with Gasteiger partial charge in [0.1, 0.15) is 5.82 Å². The van der Waals surface area contributed by atoms with Gasteiger partial charge in [0.25, 0.3) is 0 Å². The second-order valence-electron chi connectivity index (χ2n) is 4.32.